The fraction of sp³-hybridized carbons (Fsp3) is 0.250. The highest BCUT2D eigenvalue weighted by atomic mass is 32.2. The largest absolute Gasteiger partial charge is 0.398 e. The minimum absolute atomic E-state index is 0.266. The molecule has 0 atom stereocenters. The fourth-order valence-corrected chi connectivity index (χ4v) is 2.82. The molecule has 0 aliphatic heterocycles. The number of rotatable bonds is 5. The lowest BCUT2D eigenvalue weighted by atomic mass is 10.3. The first-order valence-corrected chi connectivity index (χ1v) is 7.87. The van der Waals surface area contributed by atoms with Crippen molar-refractivity contribution >= 4 is 25.7 Å². The summed E-state index contributed by atoms with van der Waals surface area (Å²) in [5.41, 5.74) is 5.10. The summed E-state index contributed by atoms with van der Waals surface area (Å²) in [4.78, 5) is -0.321. The Morgan fingerprint density at radius 2 is 1.83 bits per heavy atom. The van der Waals surface area contributed by atoms with Crippen LogP contribution in [-0.2, 0) is 20.0 Å². The summed E-state index contributed by atoms with van der Waals surface area (Å²) in [6, 6.07) is 2.78. The minimum atomic E-state index is -3.99. The highest BCUT2D eigenvalue weighted by Crippen LogP contribution is 2.18. The van der Waals surface area contributed by atoms with E-state index in [-0.39, 0.29) is 10.6 Å². The van der Waals surface area contributed by atoms with E-state index in [1.807, 2.05) is 4.72 Å². The predicted molar refractivity (Wildman–Crippen MR) is 64.0 cm³/mol. The standard InChI is InChI=1S/C8H12FN3O4S2/c9-6-1-2-8(7(10)5-6)18(15,16)12-3-4-17(11,13)14/h1-2,5,12H,3-4,10H2,(H2,11,13,14). The third-order valence-electron chi connectivity index (χ3n) is 1.94. The van der Waals surface area contributed by atoms with E-state index in [2.05, 4.69) is 0 Å². The van der Waals surface area contributed by atoms with Gasteiger partial charge in [-0.1, -0.05) is 0 Å². The number of nitrogen functional groups attached to an aromatic ring is 1. The molecule has 1 aromatic carbocycles. The number of primary sulfonamides is 1. The molecule has 1 rings (SSSR count). The number of nitrogens with two attached hydrogens (primary N) is 2. The zero-order valence-electron chi connectivity index (χ0n) is 9.13. The SMILES string of the molecule is Nc1cc(F)ccc1S(=O)(=O)NCCS(N)(=O)=O. The van der Waals surface area contributed by atoms with Crippen LogP contribution in [0.4, 0.5) is 10.1 Å². The molecule has 0 aliphatic rings. The lowest BCUT2D eigenvalue weighted by molar-refractivity contribution is 0.581. The first-order valence-electron chi connectivity index (χ1n) is 4.67. The van der Waals surface area contributed by atoms with Crippen LogP contribution in [0.1, 0.15) is 0 Å². The first kappa shape index (κ1) is 14.8. The summed E-state index contributed by atoms with van der Waals surface area (Å²) in [5.74, 6) is -1.22. The molecule has 0 amide bonds. The summed E-state index contributed by atoms with van der Waals surface area (Å²) in [7, 11) is -7.76. The van der Waals surface area contributed by atoms with Crippen molar-refractivity contribution in [3.05, 3.63) is 24.0 Å². The highest BCUT2D eigenvalue weighted by molar-refractivity contribution is 7.90. The lowest BCUT2D eigenvalue weighted by Crippen LogP contribution is -2.31. The summed E-state index contributed by atoms with van der Waals surface area (Å²) in [6.07, 6.45) is 0. The van der Waals surface area contributed by atoms with Gasteiger partial charge in [0.1, 0.15) is 10.7 Å². The van der Waals surface area contributed by atoms with Crippen LogP contribution in [0.25, 0.3) is 0 Å². The molecule has 0 radical (unpaired) electrons. The molecule has 0 bridgehead atoms. The molecule has 0 fully saturated rings. The van der Waals surface area contributed by atoms with Crippen molar-refractivity contribution in [2.24, 2.45) is 5.14 Å². The molecule has 0 spiro atoms. The smallest absolute Gasteiger partial charge is 0.242 e. The van der Waals surface area contributed by atoms with Crippen LogP contribution < -0.4 is 15.6 Å². The van der Waals surface area contributed by atoms with Gasteiger partial charge in [0.15, 0.2) is 0 Å². The van der Waals surface area contributed by atoms with Gasteiger partial charge in [0.05, 0.1) is 11.4 Å². The van der Waals surface area contributed by atoms with Gasteiger partial charge in [-0.25, -0.2) is 31.1 Å². The molecule has 5 N–H and O–H groups in total. The second-order valence-corrected chi connectivity index (χ2v) is 6.92. The molecule has 10 heteroatoms. The molecule has 0 saturated heterocycles. The van der Waals surface area contributed by atoms with Crippen molar-refractivity contribution in [1.29, 1.82) is 0 Å². The predicted octanol–water partition coefficient (Wildman–Crippen LogP) is -1.03. The normalized spacial score (nSPS) is 12.6. The van der Waals surface area contributed by atoms with E-state index in [9.17, 15) is 21.2 Å². The Bertz CT molecular complexity index is 642. The Morgan fingerprint density at radius 1 is 1.22 bits per heavy atom. The van der Waals surface area contributed by atoms with Gasteiger partial charge in [-0.3, -0.25) is 0 Å². The third-order valence-corrected chi connectivity index (χ3v) is 4.25. The number of hydrogen-bond donors (Lipinski definition) is 3. The van der Waals surface area contributed by atoms with Crippen LogP contribution in [0, 0.1) is 5.82 Å². The number of benzene rings is 1. The number of hydrogen-bond acceptors (Lipinski definition) is 5. The van der Waals surface area contributed by atoms with E-state index in [1.54, 1.807) is 0 Å². The Balaban J connectivity index is 2.87. The quantitative estimate of drug-likeness (QED) is 0.598. The Hall–Kier alpha value is -1.23. The second kappa shape index (κ2) is 5.18. The second-order valence-electron chi connectivity index (χ2n) is 3.45. The van der Waals surface area contributed by atoms with Gasteiger partial charge >= 0.3 is 0 Å². The van der Waals surface area contributed by atoms with Crippen molar-refractivity contribution in [2.75, 3.05) is 18.0 Å². The van der Waals surface area contributed by atoms with E-state index in [0.29, 0.717) is 0 Å². The summed E-state index contributed by atoms with van der Waals surface area (Å²) >= 11 is 0. The number of anilines is 1. The minimum Gasteiger partial charge on any atom is -0.398 e. The molecule has 1 aromatic rings. The first-order chi connectivity index (χ1) is 8.12. The topological polar surface area (TPSA) is 132 Å². The van der Waals surface area contributed by atoms with Crippen molar-refractivity contribution in [1.82, 2.24) is 4.72 Å². The van der Waals surface area contributed by atoms with E-state index < -0.39 is 38.2 Å². The molecule has 102 valence electrons. The van der Waals surface area contributed by atoms with Crippen LogP contribution in [0.15, 0.2) is 23.1 Å². The van der Waals surface area contributed by atoms with Gasteiger partial charge in [-0.05, 0) is 18.2 Å². The van der Waals surface area contributed by atoms with Gasteiger partial charge in [0.25, 0.3) is 0 Å². The molecular weight excluding hydrogens is 285 g/mol. The van der Waals surface area contributed by atoms with Crippen LogP contribution in [0.3, 0.4) is 0 Å². The van der Waals surface area contributed by atoms with Crippen LogP contribution in [0.2, 0.25) is 0 Å². The molecule has 0 saturated carbocycles. The lowest BCUT2D eigenvalue weighted by Gasteiger charge is -2.08. The van der Waals surface area contributed by atoms with E-state index in [1.165, 1.54) is 0 Å². The maximum atomic E-state index is 12.8. The van der Waals surface area contributed by atoms with Gasteiger partial charge in [-0.2, -0.15) is 0 Å². The van der Waals surface area contributed by atoms with Gasteiger partial charge < -0.3 is 5.73 Å². The zero-order valence-corrected chi connectivity index (χ0v) is 10.8. The molecule has 0 heterocycles. The Morgan fingerprint density at radius 3 is 2.33 bits per heavy atom. The van der Waals surface area contributed by atoms with Gasteiger partial charge in [-0.15, -0.1) is 0 Å². The average molecular weight is 297 g/mol. The van der Waals surface area contributed by atoms with Crippen molar-refractivity contribution in [3.8, 4) is 0 Å². The van der Waals surface area contributed by atoms with Gasteiger partial charge in [0.2, 0.25) is 20.0 Å². The van der Waals surface area contributed by atoms with E-state index >= 15 is 0 Å². The highest BCUT2D eigenvalue weighted by Gasteiger charge is 2.18. The monoisotopic (exact) mass is 297 g/mol. The van der Waals surface area contributed by atoms with Crippen LogP contribution >= 0.6 is 0 Å². The summed E-state index contributed by atoms with van der Waals surface area (Å²) in [6.45, 7) is -0.391. The molecule has 0 aromatic heterocycles. The van der Waals surface area contributed by atoms with Crippen molar-refractivity contribution in [3.63, 3.8) is 0 Å². The Labute approximate surface area is 104 Å². The molecular formula is C8H12FN3O4S2. The number of sulfonamides is 2. The number of nitrogens with one attached hydrogen (secondary N) is 1. The van der Waals surface area contributed by atoms with E-state index in [0.717, 1.165) is 18.2 Å². The summed E-state index contributed by atoms with van der Waals surface area (Å²) in [5, 5.41) is 4.72. The van der Waals surface area contributed by atoms with E-state index in [4.69, 9.17) is 10.9 Å². The molecule has 0 unspecified atom stereocenters. The van der Waals surface area contributed by atoms with Crippen LogP contribution in [-0.4, -0.2) is 29.1 Å². The molecule has 0 aliphatic carbocycles. The molecule has 18 heavy (non-hydrogen) atoms. The van der Waals surface area contributed by atoms with Gasteiger partial charge in [0, 0.05) is 6.54 Å². The van der Waals surface area contributed by atoms with Crippen molar-refractivity contribution < 1.29 is 21.2 Å². The Kier molecular flexibility index (Phi) is 4.27. The van der Waals surface area contributed by atoms with Crippen LogP contribution in [0.5, 0.6) is 0 Å². The zero-order chi connectivity index (χ0) is 14.0. The third kappa shape index (κ3) is 4.22. The number of halogens is 1. The average Bonchev–Trinajstić information content (AvgIpc) is 2.13. The maximum Gasteiger partial charge on any atom is 0.242 e. The maximum absolute atomic E-state index is 12.8. The molecule has 7 nitrogen and oxygen atoms in total. The van der Waals surface area contributed by atoms with Crippen molar-refractivity contribution in [2.45, 2.75) is 4.90 Å². The summed E-state index contributed by atoms with van der Waals surface area (Å²) < 4.78 is 59.4. The fourth-order valence-electron chi connectivity index (χ4n) is 1.16.